The number of amides is 1. The predicted octanol–water partition coefficient (Wildman–Crippen LogP) is 3.36. The molecular weight excluding hydrogens is 284 g/mol. The standard InChI is InChI=1S/C16H18N2O2S/c1-12-8-9-15(20-12)13(2)17-18-16(19)11-21-10-14-6-4-3-5-7-14/h3-9H,10-11H2,1-2H3,(H,18,19)/b17-13+. The van der Waals surface area contributed by atoms with Gasteiger partial charge in [-0.3, -0.25) is 4.79 Å². The van der Waals surface area contributed by atoms with Crippen molar-refractivity contribution in [3.05, 3.63) is 59.5 Å². The Morgan fingerprint density at radius 1 is 1.24 bits per heavy atom. The van der Waals surface area contributed by atoms with Gasteiger partial charge in [-0.25, -0.2) is 5.43 Å². The minimum Gasteiger partial charge on any atom is -0.460 e. The highest BCUT2D eigenvalue weighted by molar-refractivity contribution is 7.99. The Labute approximate surface area is 128 Å². The number of carbonyl (C=O) groups is 1. The number of benzene rings is 1. The van der Waals surface area contributed by atoms with Crippen LogP contribution in [0.2, 0.25) is 0 Å². The third kappa shape index (κ3) is 5.11. The first-order valence-electron chi connectivity index (χ1n) is 6.67. The van der Waals surface area contributed by atoms with Crippen LogP contribution in [0.3, 0.4) is 0 Å². The monoisotopic (exact) mass is 302 g/mol. The highest BCUT2D eigenvalue weighted by Crippen LogP contribution is 2.11. The van der Waals surface area contributed by atoms with Crippen molar-refractivity contribution in [3.8, 4) is 0 Å². The van der Waals surface area contributed by atoms with Gasteiger partial charge in [-0.15, -0.1) is 11.8 Å². The number of carbonyl (C=O) groups excluding carboxylic acids is 1. The number of hydrogen-bond acceptors (Lipinski definition) is 4. The van der Waals surface area contributed by atoms with Crippen molar-refractivity contribution < 1.29 is 9.21 Å². The molecule has 1 N–H and O–H groups in total. The van der Waals surface area contributed by atoms with Crippen molar-refractivity contribution in [2.45, 2.75) is 19.6 Å². The van der Waals surface area contributed by atoms with E-state index in [2.05, 4.69) is 10.5 Å². The van der Waals surface area contributed by atoms with Crippen LogP contribution >= 0.6 is 11.8 Å². The summed E-state index contributed by atoms with van der Waals surface area (Å²) >= 11 is 1.56. The summed E-state index contributed by atoms with van der Waals surface area (Å²) in [4.78, 5) is 11.7. The van der Waals surface area contributed by atoms with Gasteiger partial charge in [0.2, 0.25) is 5.91 Å². The number of aryl methyl sites for hydroxylation is 1. The number of hydrazone groups is 1. The average molecular weight is 302 g/mol. The summed E-state index contributed by atoms with van der Waals surface area (Å²) in [6, 6.07) is 13.8. The van der Waals surface area contributed by atoms with Gasteiger partial charge < -0.3 is 4.42 Å². The smallest absolute Gasteiger partial charge is 0.250 e. The summed E-state index contributed by atoms with van der Waals surface area (Å²) in [5.41, 5.74) is 4.41. The van der Waals surface area contributed by atoms with Crippen LogP contribution in [0, 0.1) is 6.92 Å². The number of thioether (sulfide) groups is 1. The third-order valence-corrected chi connectivity index (χ3v) is 3.79. The van der Waals surface area contributed by atoms with Crippen molar-refractivity contribution >= 4 is 23.4 Å². The van der Waals surface area contributed by atoms with E-state index >= 15 is 0 Å². The van der Waals surface area contributed by atoms with Gasteiger partial charge in [-0.1, -0.05) is 30.3 Å². The van der Waals surface area contributed by atoms with E-state index < -0.39 is 0 Å². The molecule has 5 heteroatoms. The largest absolute Gasteiger partial charge is 0.460 e. The van der Waals surface area contributed by atoms with Crippen LogP contribution in [-0.2, 0) is 10.5 Å². The van der Waals surface area contributed by atoms with Crippen molar-refractivity contribution in [2.24, 2.45) is 5.10 Å². The van der Waals surface area contributed by atoms with E-state index in [9.17, 15) is 4.79 Å². The van der Waals surface area contributed by atoms with E-state index in [1.165, 1.54) is 5.56 Å². The maximum atomic E-state index is 11.7. The van der Waals surface area contributed by atoms with Crippen LogP contribution in [0.15, 0.2) is 52.0 Å². The Morgan fingerprint density at radius 2 is 2.00 bits per heavy atom. The highest BCUT2D eigenvalue weighted by Gasteiger charge is 2.04. The second-order valence-electron chi connectivity index (χ2n) is 4.62. The Hall–Kier alpha value is -2.01. The first kappa shape index (κ1) is 15.4. The molecule has 0 saturated carbocycles. The van der Waals surface area contributed by atoms with Crippen molar-refractivity contribution in [2.75, 3.05) is 5.75 Å². The predicted molar refractivity (Wildman–Crippen MR) is 86.4 cm³/mol. The normalized spacial score (nSPS) is 11.4. The summed E-state index contributed by atoms with van der Waals surface area (Å²) in [5, 5.41) is 4.04. The molecule has 0 fully saturated rings. The Morgan fingerprint density at radius 3 is 2.67 bits per heavy atom. The second kappa shape index (κ2) is 7.69. The first-order chi connectivity index (χ1) is 10.1. The lowest BCUT2D eigenvalue weighted by Gasteiger charge is -2.02. The first-order valence-corrected chi connectivity index (χ1v) is 7.82. The second-order valence-corrected chi connectivity index (χ2v) is 5.61. The van der Waals surface area contributed by atoms with Gasteiger partial charge in [-0.05, 0) is 31.5 Å². The molecule has 1 amide bonds. The molecule has 21 heavy (non-hydrogen) atoms. The fraction of sp³-hybridized carbons (Fsp3) is 0.250. The van der Waals surface area contributed by atoms with Gasteiger partial charge in [0.05, 0.1) is 5.75 Å². The maximum absolute atomic E-state index is 11.7. The summed E-state index contributed by atoms with van der Waals surface area (Å²) in [6.07, 6.45) is 0. The lowest BCUT2D eigenvalue weighted by molar-refractivity contribution is -0.118. The molecule has 0 radical (unpaired) electrons. The molecule has 0 saturated heterocycles. The zero-order valence-corrected chi connectivity index (χ0v) is 12.9. The molecule has 0 atom stereocenters. The molecule has 0 spiro atoms. The van der Waals surface area contributed by atoms with Gasteiger partial charge in [-0.2, -0.15) is 5.10 Å². The van der Waals surface area contributed by atoms with Crippen molar-refractivity contribution in [3.63, 3.8) is 0 Å². The molecule has 0 aliphatic carbocycles. The number of furan rings is 1. The molecule has 2 rings (SSSR count). The molecule has 0 aliphatic rings. The van der Waals surface area contributed by atoms with E-state index in [0.717, 1.165) is 11.5 Å². The molecule has 1 aromatic heterocycles. The van der Waals surface area contributed by atoms with Crippen molar-refractivity contribution in [1.82, 2.24) is 5.43 Å². The molecule has 1 aromatic carbocycles. The van der Waals surface area contributed by atoms with Gasteiger partial charge in [0.25, 0.3) is 0 Å². The van der Waals surface area contributed by atoms with Crippen LogP contribution in [-0.4, -0.2) is 17.4 Å². The van der Waals surface area contributed by atoms with Crippen LogP contribution in [0.5, 0.6) is 0 Å². The molecule has 4 nitrogen and oxygen atoms in total. The van der Waals surface area contributed by atoms with Crippen LogP contribution in [0.4, 0.5) is 0 Å². The fourth-order valence-electron chi connectivity index (χ4n) is 1.70. The quantitative estimate of drug-likeness (QED) is 0.657. The Kier molecular flexibility index (Phi) is 5.63. The van der Waals surface area contributed by atoms with E-state index in [1.54, 1.807) is 18.7 Å². The van der Waals surface area contributed by atoms with E-state index in [1.807, 2.05) is 49.4 Å². The zero-order chi connectivity index (χ0) is 15.1. The minimum absolute atomic E-state index is 0.112. The van der Waals surface area contributed by atoms with Gasteiger partial charge in [0, 0.05) is 5.75 Å². The van der Waals surface area contributed by atoms with Gasteiger partial charge in [0.15, 0.2) is 0 Å². The number of hydrogen-bond donors (Lipinski definition) is 1. The maximum Gasteiger partial charge on any atom is 0.250 e. The SMILES string of the molecule is C/C(=N\NC(=O)CSCc1ccccc1)c1ccc(C)o1. The Balaban J connectivity index is 1.74. The number of nitrogens with one attached hydrogen (secondary N) is 1. The highest BCUT2D eigenvalue weighted by atomic mass is 32.2. The van der Waals surface area contributed by atoms with Gasteiger partial charge >= 0.3 is 0 Å². The fourth-order valence-corrected chi connectivity index (χ4v) is 2.48. The number of rotatable bonds is 6. The molecule has 1 heterocycles. The lowest BCUT2D eigenvalue weighted by Crippen LogP contribution is -2.21. The summed E-state index contributed by atoms with van der Waals surface area (Å²) in [6.45, 7) is 3.67. The molecule has 0 bridgehead atoms. The number of nitrogens with zero attached hydrogens (tertiary/aromatic N) is 1. The minimum atomic E-state index is -0.112. The average Bonchev–Trinajstić information content (AvgIpc) is 2.92. The molecular formula is C16H18N2O2S. The summed E-state index contributed by atoms with van der Waals surface area (Å²) < 4.78 is 5.43. The summed E-state index contributed by atoms with van der Waals surface area (Å²) in [7, 11) is 0. The molecule has 110 valence electrons. The van der Waals surface area contributed by atoms with E-state index in [4.69, 9.17) is 4.42 Å². The van der Waals surface area contributed by atoms with Crippen LogP contribution < -0.4 is 5.43 Å². The third-order valence-electron chi connectivity index (χ3n) is 2.79. The zero-order valence-electron chi connectivity index (χ0n) is 12.1. The van der Waals surface area contributed by atoms with Gasteiger partial charge in [0.1, 0.15) is 17.2 Å². The molecule has 0 aliphatic heterocycles. The molecule has 0 unspecified atom stereocenters. The van der Waals surface area contributed by atoms with Crippen LogP contribution in [0.25, 0.3) is 0 Å². The van der Waals surface area contributed by atoms with Crippen LogP contribution in [0.1, 0.15) is 24.0 Å². The summed E-state index contributed by atoms with van der Waals surface area (Å²) in [5.74, 6) is 2.57. The van der Waals surface area contributed by atoms with E-state index in [-0.39, 0.29) is 5.91 Å². The lowest BCUT2D eigenvalue weighted by atomic mass is 10.2. The van der Waals surface area contributed by atoms with Crippen molar-refractivity contribution in [1.29, 1.82) is 0 Å². The Bertz CT molecular complexity index is 620. The topological polar surface area (TPSA) is 54.6 Å². The van der Waals surface area contributed by atoms with E-state index in [0.29, 0.717) is 17.2 Å². The molecule has 2 aromatic rings.